The van der Waals surface area contributed by atoms with Crippen molar-refractivity contribution in [3.63, 3.8) is 0 Å². The molecule has 0 bridgehead atoms. The molecule has 0 saturated carbocycles. The van der Waals surface area contributed by atoms with Gasteiger partial charge in [-0.05, 0) is 49.4 Å². The summed E-state index contributed by atoms with van der Waals surface area (Å²) in [6.45, 7) is 2.71. The van der Waals surface area contributed by atoms with Crippen LogP contribution < -0.4 is 4.74 Å². The second kappa shape index (κ2) is 9.54. The number of methoxy groups -OCH3 is 1. The second-order valence-corrected chi connectivity index (χ2v) is 7.04. The lowest BCUT2D eigenvalue weighted by Crippen LogP contribution is -2.28. The van der Waals surface area contributed by atoms with Gasteiger partial charge in [0.25, 0.3) is 0 Å². The maximum atomic E-state index is 11.9. The highest BCUT2D eigenvalue weighted by Crippen LogP contribution is 2.41. The third-order valence-corrected chi connectivity index (χ3v) is 5.03. The molecule has 3 rings (SSSR count). The second-order valence-electron chi connectivity index (χ2n) is 7.04. The summed E-state index contributed by atoms with van der Waals surface area (Å²) in [6, 6.07) is 25.5. The van der Waals surface area contributed by atoms with Crippen molar-refractivity contribution < 1.29 is 14.6 Å². The van der Waals surface area contributed by atoms with Crippen LogP contribution in [0.25, 0.3) is 0 Å². The van der Waals surface area contributed by atoms with Crippen molar-refractivity contribution in [2.75, 3.05) is 13.7 Å². The Balaban J connectivity index is 1.99. The minimum Gasteiger partial charge on any atom is -0.457 e. The number of benzene rings is 3. The van der Waals surface area contributed by atoms with Gasteiger partial charge in [0, 0.05) is 19.3 Å². The lowest BCUT2D eigenvalue weighted by Gasteiger charge is -2.31. The van der Waals surface area contributed by atoms with Crippen LogP contribution in [0.15, 0.2) is 78.9 Å². The third-order valence-electron chi connectivity index (χ3n) is 5.03. The number of ether oxygens (including phenoxy) is 2. The first kappa shape index (κ1) is 20.1. The Morgan fingerprint density at radius 1 is 0.786 bits per heavy atom. The Morgan fingerprint density at radius 3 is 2.14 bits per heavy atom. The van der Waals surface area contributed by atoms with Gasteiger partial charge in [-0.1, -0.05) is 66.7 Å². The number of rotatable bonds is 9. The molecule has 3 aromatic carbocycles. The van der Waals surface area contributed by atoms with Crippen molar-refractivity contribution in [1.82, 2.24) is 0 Å². The molecule has 0 spiro atoms. The van der Waals surface area contributed by atoms with Gasteiger partial charge in [0.2, 0.25) is 0 Å². The fourth-order valence-electron chi connectivity index (χ4n) is 3.46. The first-order valence-electron chi connectivity index (χ1n) is 9.75. The average Bonchev–Trinajstić information content (AvgIpc) is 2.74. The van der Waals surface area contributed by atoms with Gasteiger partial charge in [-0.15, -0.1) is 0 Å². The molecule has 0 heterocycles. The number of aliphatic hydroxyl groups is 1. The molecule has 3 heteroatoms. The largest absolute Gasteiger partial charge is 0.457 e. The summed E-state index contributed by atoms with van der Waals surface area (Å²) >= 11 is 0. The van der Waals surface area contributed by atoms with E-state index in [9.17, 15) is 5.11 Å². The molecule has 0 saturated heterocycles. The molecule has 1 unspecified atom stereocenters. The van der Waals surface area contributed by atoms with E-state index in [1.54, 1.807) is 7.11 Å². The molecular weight excluding hydrogens is 348 g/mol. The average molecular weight is 376 g/mol. The molecule has 1 N–H and O–H groups in total. The summed E-state index contributed by atoms with van der Waals surface area (Å²) in [5, 5.41) is 11.9. The molecule has 0 aromatic heterocycles. The van der Waals surface area contributed by atoms with Crippen LogP contribution in [0.1, 0.15) is 36.0 Å². The maximum Gasteiger partial charge on any atom is 0.133 e. The first-order valence-corrected chi connectivity index (χ1v) is 9.75. The summed E-state index contributed by atoms with van der Waals surface area (Å²) in [5.41, 5.74) is 1.57. The molecule has 3 nitrogen and oxygen atoms in total. The number of hydrogen-bond donors (Lipinski definition) is 1. The molecule has 3 aromatic rings. The minimum atomic E-state index is -1.13. The van der Waals surface area contributed by atoms with Crippen molar-refractivity contribution in [3.8, 4) is 11.5 Å². The van der Waals surface area contributed by atoms with Gasteiger partial charge >= 0.3 is 0 Å². The highest BCUT2D eigenvalue weighted by Gasteiger charge is 2.34. The van der Waals surface area contributed by atoms with E-state index in [4.69, 9.17) is 9.47 Å². The third kappa shape index (κ3) is 4.61. The molecule has 0 radical (unpaired) electrons. The van der Waals surface area contributed by atoms with Gasteiger partial charge in [0.15, 0.2) is 0 Å². The summed E-state index contributed by atoms with van der Waals surface area (Å²) in [7, 11) is 1.70. The van der Waals surface area contributed by atoms with Crippen molar-refractivity contribution in [2.24, 2.45) is 0 Å². The van der Waals surface area contributed by atoms with Crippen molar-refractivity contribution in [3.05, 3.63) is 95.6 Å². The highest BCUT2D eigenvalue weighted by molar-refractivity contribution is 5.47. The van der Waals surface area contributed by atoms with Gasteiger partial charge < -0.3 is 14.6 Å². The van der Waals surface area contributed by atoms with E-state index in [1.807, 2.05) is 85.8 Å². The van der Waals surface area contributed by atoms with E-state index in [1.165, 1.54) is 0 Å². The van der Waals surface area contributed by atoms with Crippen LogP contribution in [0, 0.1) is 6.92 Å². The first-order chi connectivity index (χ1) is 13.6. The molecule has 0 aliphatic rings. The maximum absolute atomic E-state index is 11.9. The summed E-state index contributed by atoms with van der Waals surface area (Å²) < 4.78 is 11.4. The predicted octanol–water partition coefficient (Wildman–Crippen LogP) is 5.84. The molecule has 0 aliphatic heterocycles. The van der Waals surface area contributed by atoms with Crippen LogP contribution >= 0.6 is 0 Å². The molecule has 28 heavy (non-hydrogen) atoms. The predicted molar refractivity (Wildman–Crippen MR) is 113 cm³/mol. The van der Waals surface area contributed by atoms with E-state index in [0.717, 1.165) is 35.3 Å². The van der Waals surface area contributed by atoms with Crippen LogP contribution in [-0.2, 0) is 10.3 Å². The van der Waals surface area contributed by atoms with Crippen molar-refractivity contribution in [1.29, 1.82) is 0 Å². The summed E-state index contributed by atoms with van der Waals surface area (Å²) in [4.78, 5) is 0. The lowest BCUT2D eigenvalue weighted by molar-refractivity contribution is 0.0630. The Labute approximate surface area is 167 Å². The molecule has 1 atom stereocenters. The van der Waals surface area contributed by atoms with E-state index < -0.39 is 5.60 Å². The van der Waals surface area contributed by atoms with E-state index >= 15 is 0 Å². The Hall–Kier alpha value is -2.62. The van der Waals surface area contributed by atoms with Crippen molar-refractivity contribution >= 4 is 0 Å². The smallest absolute Gasteiger partial charge is 0.133 e. The fraction of sp³-hybridized carbons (Fsp3) is 0.280. The zero-order valence-corrected chi connectivity index (χ0v) is 16.6. The number of aryl methyl sites for hydroxylation is 1. The number of hydrogen-bond acceptors (Lipinski definition) is 3. The summed E-state index contributed by atoms with van der Waals surface area (Å²) in [6.07, 6.45) is 2.33. The minimum absolute atomic E-state index is 0.592. The highest BCUT2D eigenvalue weighted by atomic mass is 16.5. The molecule has 0 fully saturated rings. The summed E-state index contributed by atoms with van der Waals surface area (Å²) in [5.74, 6) is 1.47. The number of unbranched alkanes of at least 4 members (excludes halogenated alkanes) is 1. The van der Waals surface area contributed by atoms with Gasteiger partial charge in [-0.3, -0.25) is 0 Å². The zero-order valence-electron chi connectivity index (χ0n) is 16.6. The van der Waals surface area contributed by atoms with Gasteiger partial charge in [0.1, 0.15) is 17.1 Å². The van der Waals surface area contributed by atoms with Crippen LogP contribution in [-0.4, -0.2) is 18.8 Å². The Morgan fingerprint density at radius 2 is 1.43 bits per heavy atom. The zero-order chi connectivity index (χ0) is 19.8. The van der Waals surface area contributed by atoms with Gasteiger partial charge in [-0.25, -0.2) is 0 Å². The Bertz CT molecular complexity index is 876. The topological polar surface area (TPSA) is 38.7 Å². The lowest BCUT2D eigenvalue weighted by atomic mass is 9.81. The van der Waals surface area contributed by atoms with Crippen LogP contribution in [0.5, 0.6) is 11.5 Å². The number of para-hydroxylation sites is 2. The van der Waals surface area contributed by atoms with Crippen LogP contribution in [0.4, 0.5) is 0 Å². The van der Waals surface area contributed by atoms with Crippen molar-refractivity contribution in [2.45, 2.75) is 31.8 Å². The molecule has 0 aliphatic carbocycles. The molecule has 0 amide bonds. The Kier molecular flexibility index (Phi) is 6.85. The van der Waals surface area contributed by atoms with Crippen LogP contribution in [0.3, 0.4) is 0 Å². The van der Waals surface area contributed by atoms with E-state index in [0.29, 0.717) is 18.8 Å². The molecule has 146 valence electrons. The van der Waals surface area contributed by atoms with E-state index in [2.05, 4.69) is 0 Å². The normalized spacial score (nSPS) is 13.1. The van der Waals surface area contributed by atoms with Crippen LogP contribution in [0.2, 0.25) is 0 Å². The monoisotopic (exact) mass is 376 g/mol. The SMILES string of the molecule is COCCCCC(O)(c1ccccc1)c1ccccc1Oc1ccccc1C. The standard InChI is InChI=1S/C25H28O3/c1-20-12-6-8-16-23(20)28-24-17-9-7-15-22(24)25(26,18-10-11-19-27-2)21-13-4-3-5-14-21/h3-9,12-17,26H,10-11,18-19H2,1-2H3. The quantitative estimate of drug-likeness (QED) is 0.477. The molecular formula is C25H28O3. The van der Waals surface area contributed by atoms with E-state index in [-0.39, 0.29) is 0 Å². The van der Waals surface area contributed by atoms with Gasteiger partial charge in [-0.2, -0.15) is 0 Å². The fourth-order valence-corrected chi connectivity index (χ4v) is 3.46. The van der Waals surface area contributed by atoms with Gasteiger partial charge in [0.05, 0.1) is 0 Å².